The van der Waals surface area contributed by atoms with Gasteiger partial charge in [-0.25, -0.2) is 0 Å². The third-order valence-electron chi connectivity index (χ3n) is 3.98. The number of hydrogen-bond acceptors (Lipinski definition) is 3. The van der Waals surface area contributed by atoms with Crippen LogP contribution in [0.1, 0.15) is 33.6 Å². The van der Waals surface area contributed by atoms with Crippen LogP contribution in [0.5, 0.6) is 5.75 Å². The molecule has 0 aliphatic carbocycles. The summed E-state index contributed by atoms with van der Waals surface area (Å²) in [5, 5.41) is 2.94. The van der Waals surface area contributed by atoms with Crippen LogP contribution >= 0.6 is 0 Å². The molecule has 1 heterocycles. The monoisotopic (exact) mass is 318 g/mol. The highest BCUT2D eigenvalue weighted by molar-refractivity contribution is 6.00. The molecule has 23 heavy (non-hydrogen) atoms. The smallest absolute Gasteiger partial charge is 0.227 e. The maximum absolute atomic E-state index is 12.2. The molecule has 1 aliphatic rings. The fraction of sp³-hybridized carbons (Fsp3) is 0.556. The van der Waals surface area contributed by atoms with Crippen LogP contribution in [0.4, 0.5) is 5.69 Å². The normalized spacial score (nSPS) is 17.7. The Balaban J connectivity index is 1.92. The highest BCUT2D eigenvalue weighted by Crippen LogP contribution is 2.27. The molecule has 126 valence electrons. The molecular weight excluding hydrogens is 292 g/mol. The number of ether oxygens (including phenoxy) is 1. The second-order valence-electron chi connectivity index (χ2n) is 6.31. The fourth-order valence-electron chi connectivity index (χ4n) is 2.65. The van der Waals surface area contributed by atoms with Gasteiger partial charge in [0, 0.05) is 25.2 Å². The van der Waals surface area contributed by atoms with E-state index in [-0.39, 0.29) is 24.2 Å². The summed E-state index contributed by atoms with van der Waals surface area (Å²) in [5.74, 6) is 1.05. The molecule has 1 aliphatic heterocycles. The van der Waals surface area contributed by atoms with Gasteiger partial charge in [-0.2, -0.15) is 0 Å². The number of rotatable bonds is 7. The summed E-state index contributed by atoms with van der Waals surface area (Å²) >= 11 is 0. The highest BCUT2D eigenvalue weighted by Gasteiger charge is 2.34. The average molecular weight is 318 g/mol. The van der Waals surface area contributed by atoms with E-state index in [0.29, 0.717) is 25.6 Å². The van der Waals surface area contributed by atoms with Crippen molar-refractivity contribution in [1.82, 2.24) is 5.32 Å². The van der Waals surface area contributed by atoms with Crippen molar-refractivity contribution in [2.24, 2.45) is 11.8 Å². The second kappa shape index (κ2) is 7.99. The van der Waals surface area contributed by atoms with Crippen LogP contribution in [0.15, 0.2) is 24.3 Å². The van der Waals surface area contributed by atoms with E-state index >= 15 is 0 Å². The molecule has 1 fully saturated rings. The molecule has 1 N–H and O–H groups in total. The van der Waals surface area contributed by atoms with Gasteiger partial charge >= 0.3 is 0 Å². The SMILES string of the molecule is CCOc1ccc(N2C[C@H](C(=O)NCCC(C)C)CC2=O)cc1. The van der Waals surface area contributed by atoms with E-state index < -0.39 is 0 Å². The van der Waals surface area contributed by atoms with E-state index in [0.717, 1.165) is 17.9 Å². The zero-order chi connectivity index (χ0) is 16.8. The number of nitrogens with one attached hydrogen (secondary N) is 1. The van der Waals surface area contributed by atoms with E-state index in [4.69, 9.17) is 4.74 Å². The molecule has 1 saturated heterocycles. The zero-order valence-corrected chi connectivity index (χ0v) is 14.2. The highest BCUT2D eigenvalue weighted by atomic mass is 16.5. The number of anilines is 1. The molecule has 1 aromatic rings. The Hall–Kier alpha value is -2.04. The average Bonchev–Trinajstić information content (AvgIpc) is 2.90. The largest absolute Gasteiger partial charge is 0.494 e. The molecule has 5 nitrogen and oxygen atoms in total. The van der Waals surface area contributed by atoms with E-state index in [1.165, 1.54) is 0 Å². The maximum Gasteiger partial charge on any atom is 0.227 e. The lowest BCUT2D eigenvalue weighted by Gasteiger charge is -2.17. The van der Waals surface area contributed by atoms with Crippen molar-refractivity contribution in [3.05, 3.63) is 24.3 Å². The lowest BCUT2D eigenvalue weighted by Crippen LogP contribution is -2.33. The number of hydrogen-bond donors (Lipinski definition) is 1. The minimum atomic E-state index is -0.263. The first-order valence-electron chi connectivity index (χ1n) is 8.32. The summed E-state index contributed by atoms with van der Waals surface area (Å²) in [6.45, 7) is 7.91. The molecule has 0 aromatic heterocycles. The number of carbonyl (C=O) groups excluding carboxylic acids is 2. The van der Waals surface area contributed by atoms with Gasteiger partial charge < -0.3 is 15.0 Å². The first kappa shape index (κ1) is 17.3. The lowest BCUT2D eigenvalue weighted by atomic mass is 10.1. The Morgan fingerprint density at radius 2 is 2.04 bits per heavy atom. The summed E-state index contributed by atoms with van der Waals surface area (Å²) < 4.78 is 5.41. The number of amides is 2. The second-order valence-corrected chi connectivity index (χ2v) is 6.31. The van der Waals surface area contributed by atoms with Crippen molar-refractivity contribution < 1.29 is 14.3 Å². The third-order valence-corrected chi connectivity index (χ3v) is 3.98. The summed E-state index contributed by atoms with van der Waals surface area (Å²) in [5.41, 5.74) is 0.816. The van der Waals surface area contributed by atoms with Crippen LogP contribution in [0.2, 0.25) is 0 Å². The van der Waals surface area contributed by atoms with Gasteiger partial charge in [0.15, 0.2) is 0 Å². The van der Waals surface area contributed by atoms with Crippen molar-refractivity contribution in [3.8, 4) is 5.75 Å². The van der Waals surface area contributed by atoms with Gasteiger partial charge in [0.2, 0.25) is 11.8 Å². The van der Waals surface area contributed by atoms with Gasteiger partial charge in [0.25, 0.3) is 0 Å². The molecule has 5 heteroatoms. The Kier molecular flexibility index (Phi) is 6.02. The number of benzene rings is 1. The number of carbonyl (C=O) groups is 2. The van der Waals surface area contributed by atoms with Crippen LogP contribution in [0, 0.1) is 11.8 Å². The molecule has 2 rings (SSSR count). The minimum Gasteiger partial charge on any atom is -0.494 e. The Morgan fingerprint density at radius 3 is 2.65 bits per heavy atom. The van der Waals surface area contributed by atoms with Crippen LogP contribution < -0.4 is 15.0 Å². The molecule has 0 unspecified atom stereocenters. The maximum atomic E-state index is 12.2. The first-order chi connectivity index (χ1) is 11.0. The summed E-state index contributed by atoms with van der Waals surface area (Å²) in [7, 11) is 0. The molecule has 0 radical (unpaired) electrons. The molecule has 1 aromatic carbocycles. The van der Waals surface area contributed by atoms with Crippen LogP contribution in [-0.2, 0) is 9.59 Å². The van der Waals surface area contributed by atoms with Crippen molar-refractivity contribution in [2.45, 2.75) is 33.6 Å². The minimum absolute atomic E-state index is 0.00169. The van der Waals surface area contributed by atoms with E-state index in [1.54, 1.807) is 4.90 Å². The quantitative estimate of drug-likeness (QED) is 0.840. The van der Waals surface area contributed by atoms with Crippen molar-refractivity contribution in [3.63, 3.8) is 0 Å². The lowest BCUT2D eigenvalue weighted by molar-refractivity contribution is -0.126. The van der Waals surface area contributed by atoms with E-state index in [9.17, 15) is 9.59 Å². The topological polar surface area (TPSA) is 58.6 Å². The number of nitrogens with zero attached hydrogens (tertiary/aromatic N) is 1. The Labute approximate surface area is 138 Å². The molecule has 0 spiro atoms. The molecular formula is C18H26N2O3. The van der Waals surface area contributed by atoms with Crippen molar-refractivity contribution in [2.75, 3.05) is 24.6 Å². The van der Waals surface area contributed by atoms with Crippen LogP contribution in [0.25, 0.3) is 0 Å². The predicted octanol–water partition coefficient (Wildman–Crippen LogP) is 2.60. The molecule has 2 amide bonds. The van der Waals surface area contributed by atoms with Crippen LogP contribution in [0.3, 0.4) is 0 Å². The predicted molar refractivity (Wildman–Crippen MR) is 90.5 cm³/mol. The van der Waals surface area contributed by atoms with Crippen molar-refractivity contribution >= 4 is 17.5 Å². The third kappa shape index (κ3) is 4.71. The zero-order valence-electron chi connectivity index (χ0n) is 14.2. The molecule has 1 atom stereocenters. The van der Waals surface area contributed by atoms with Gasteiger partial charge in [0.1, 0.15) is 5.75 Å². The Bertz CT molecular complexity index is 540. The van der Waals surface area contributed by atoms with Crippen LogP contribution in [-0.4, -0.2) is 31.5 Å². The summed E-state index contributed by atoms with van der Waals surface area (Å²) in [6.07, 6.45) is 1.23. The van der Waals surface area contributed by atoms with E-state index in [2.05, 4.69) is 19.2 Å². The summed E-state index contributed by atoms with van der Waals surface area (Å²) in [6, 6.07) is 7.42. The van der Waals surface area contributed by atoms with Gasteiger partial charge in [-0.05, 0) is 43.5 Å². The van der Waals surface area contributed by atoms with Gasteiger partial charge in [-0.3, -0.25) is 9.59 Å². The van der Waals surface area contributed by atoms with Gasteiger partial charge in [0.05, 0.1) is 12.5 Å². The van der Waals surface area contributed by atoms with Crippen molar-refractivity contribution in [1.29, 1.82) is 0 Å². The Morgan fingerprint density at radius 1 is 1.35 bits per heavy atom. The molecule has 0 saturated carbocycles. The van der Waals surface area contributed by atoms with Gasteiger partial charge in [-0.15, -0.1) is 0 Å². The van der Waals surface area contributed by atoms with Gasteiger partial charge in [-0.1, -0.05) is 13.8 Å². The fourth-order valence-corrected chi connectivity index (χ4v) is 2.65. The van der Waals surface area contributed by atoms with E-state index in [1.807, 2.05) is 31.2 Å². The standard InChI is InChI=1S/C18H26N2O3/c1-4-23-16-7-5-15(6-8-16)20-12-14(11-17(20)21)18(22)19-10-9-13(2)3/h5-8,13-14H,4,9-12H2,1-3H3,(H,19,22)/t14-/m1/s1. The first-order valence-corrected chi connectivity index (χ1v) is 8.32. The molecule has 0 bridgehead atoms. The summed E-state index contributed by atoms with van der Waals surface area (Å²) in [4.78, 5) is 26.1.